The van der Waals surface area contributed by atoms with Gasteiger partial charge < -0.3 is 5.11 Å². The molecule has 1 N–H and O–H groups in total. The minimum Gasteiger partial charge on any atom is -0.481 e. The van der Waals surface area contributed by atoms with Crippen molar-refractivity contribution < 1.29 is 9.90 Å². The standard InChI is InChI=1S/C10H20O2/c1-5-8(9(11)12)7-10(3,4)6-2/h8H,5-7H2,1-4H3,(H,11,12). The van der Waals surface area contributed by atoms with Crippen molar-refractivity contribution in [1.82, 2.24) is 0 Å². The van der Waals surface area contributed by atoms with Gasteiger partial charge in [0, 0.05) is 0 Å². The highest BCUT2D eigenvalue weighted by Crippen LogP contribution is 2.30. The molecule has 2 nitrogen and oxygen atoms in total. The topological polar surface area (TPSA) is 37.3 Å². The first-order valence-corrected chi connectivity index (χ1v) is 4.65. The second-order valence-corrected chi connectivity index (χ2v) is 4.17. The van der Waals surface area contributed by atoms with Crippen LogP contribution in [0.5, 0.6) is 0 Å². The van der Waals surface area contributed by atoms with Gasteiger partial charge in [0.05, 0.1) is 5.92 Å². The highest BCUT2D eigenvalue weighted by atomic mass is 16.4. The third-order valence-corrected chi connectivity index (χ3v) is 2.60. The number of carboxylic acids is 1. The first-order valence-electron chi connectivity index (χ1n) is 4.65. The number of rotatable bonds is 5. The summed E-state index contributed by atoms with van der Waals surface area (Å²) in [6.45, 7) is 8.29. The number of aliphatic carboxylic acids is 1. The van der Waals surface area contributed by atoms with Crippen molar-refractivity contribution >= 4 is 5.97 Å². The average Bonchev–Trinajstić information content (AvgIpc) is 2.00. The van der Waals surface area contributed by atoms with Gasteiger partial charge in [-0.25, -0.2) is 0 Å². The predicted molar refractivity (Wildman–Crippen MR) is 50.1 cm³/mol. The highest BCUT2D eigenvalue weighted by Gasteiger charge is 2.24. The van der Waals surface area contributed by atoms with Crippen LogP contribution in [0.15, 0.2) is 0 Å². The minimum atomic E-state index is -0.654. The quantitative estimate of drug-likeness (QED) is 0.692. The first-order chi connectivity index (χ1) is 5.43. The zero-order valence-corrected chi connectivity index (χ0v) is 8.55. The molecule has 0 aromatic rings. The van der Waals surface area contributed by atoms with E-state index in [1.54, 1.807) is 0 Å². The summed E-state index contributed by atoms with van der Waals surface area (Å²) < 4.78 is 0. The van der Waals surface area contributed by atoms with Gasteiger partial charge in [-0.2, -0.15) is 0 Å². The Morgan fingerprint density at radius 2 is 1.92 bits per heavy atom. The summed E-state index contributed by atoms with van der Waals surface area (Å²) in [5.41, 5.74) is 0.166. The van der Waals surface area contributed by atoms with E-state index in [1.165, 1.54) is 0 Å². The van der Waals surface area contributed by atoms with Crippen molar-refractivity contribution in [2.75, 3.05) is 0 Å². The van der Waals surface area contributed by atoms with Crippen molar-refractivity contribution in [1.29, 1.82) is 0 Å². The molecule has 0 aliphatic heterocycles. The largest absolute Gasteiger partial charge is 0.481 e. The van der Waals surface area contributed by atoms with E-state index in [1.807, 2.05) is 6.92 Å². The molecule has 0 saturated carbocycles. The molecule has 0 heterocycles. The average molecular weight is 172 g/mol. The number of carbonyl (C=O) groups is 1. The van der Waals surface area contributed by atoms with Crippen molar-refractivity contribution in [3.05, 3.63) is 0 Å². The van der Waals surface area contributed by atoms with E-state index in [0.717, 1.165) is 19.3 Å². The lowest BCUT2D eigenvalue weighted by molar-refractivity contribution is -0.143. The van der Waals surface area contributed by atoms with E-state index in [2.05, 4.69) is 20.8 Å². The zero-order chi connectivity index (χ0) is 9.78. The first kappa shape index (κ1) is 11.5. The van der Waals surface area contributed by atoms with Crippen LogP contribution < -0.4 is 0 Å². The van der Waals surface area contributed by atoms with E-state index in [-0.39, 0.29) is 11.3 Å². The Bertz CT molecular complexity index is 150. The maximum Gasteiger partial charge on any atom is 0.306 e. The van der Waals surface area contributed by atoms with Crippen molar-refractivity contribution in [3.8, 4) is 0 Å². The van der Waals surface area contributed by atoms with Crippen LogP contribution in [0.25, 0.3) is 0 Å². The Hall–Kier alpha value is -0.530. The lowest BCUT2D eigenvalue weighted by atomic mass is 9.80. The summed E-state index contributed by atoms with van der Waals surface area (Å²) in [4.78, 5) is 10.7. The van der Waals surface area contributed by atoms with E-state index in [4.69, 9.17) is 5.11 Å². The summed E-state index contributed by atoms with van der Waals surface area (Å²) >= 11 is 0. The van der Waals surface area contributed by atoms with Crippen LogP contribution in [-0.2, 0) is 4.79 Å². The van der Waals surface area contributed by atoms with Gasteiger partial charge in [-0.05, 0) is 18.3 Å². The highest BCUT2D eigenvalue weighted by molar-refractivity contribution is 5.69. The van der Waals surface area contributed by atoms with Crippen LogP contribution in [0, 0.1) is 11.3 Å². The molecule has 72 valence electrons. The molecule has 12 heavy (non-hydrogen) atoms. The Labute approximate surface area is 75.0 Å². The molecule has 0 saturated heterocycles. The third kappa shape index (κ3) is 3.74. The molecule has 0 aliphatic carbocycles. The van der Waals surface area contributed by atoms with Crippen LogP contribution in [-0.4, -0.2) is 11.1 Å². The summed E-state index contributed by atoms with van der Waals surface area (Å²) in [6, 6.07) is 0. The molecule has 0 bridgehead atoms. The van der Waals surface area contributed by atoms with E-state index in [9.17, 15) is 4.79 Å². The second kappa shape index (κ2) is 4.48. The smallest absolute Gasteiger partial charge is 0.306 e. The van der Waals surface area contributed by atoms with Gasteiger partial charge in [-0.3, -0.25) is 4.79 Å². The van der Waals surface area contributed by atoms with Crippen LogP contribution in [0.3, 0.4) is 0 Å². The number of hydrogen-bond donors (Lipinski definition) is 1. The molecule has 0 fully saturated rings. The van der Waals surface area contributed by atoms with Gasteiger partial charge in [0.2, 0.25) is 0 Å². The van der Waals surface area contributed by atoms with Gasteiger partial charge in [-0.15, -0.1) is 0 Å². The van der Waals surface area contributed by atoms with Crippen LogP contribution in [0.1, 0.15) is 47.0 Å². The van der Waals surface area contributed by atoms with Crippen molar-refractivity contribution in [2.45, 2.75) is 47.0 Å². The number of hydrogen-bond acceptors (Lipinski definition) is 1. The molecule has 0 aromatic heterocycles. The lowest BCUT2D eigenvalue weighted by Crippen LogP contribution is -2.21. The van der Waals surface area contributed by atoms with Crippen LogP contribution in [0.4, 0.5) is 0 Å². The Morgan fingerprint density at radius 3 is 2.17 bits per heavy atom. The predicted octanol–water partition coefficient (Wildman–Crippen LogP) is 2.92. The van der Waals surface area contributed by atoms with Crippen molar-refractivity contribution in [2.24, 2.45) is 11.3 Å². The Morgan fingerprint density at radius 1 is 1.42 bits per heavy atom. The fraction of sp³-hybridized carbons (Fsp3) is 0.900. The summed E-state index contributed by atoms with van der Waals surface area (Å²) in [5.74, 6) is -0.820. The molecule has 0 spiro atoms. The van der Waals surface area contributed by atoms with Gasteiger partial charge in [-0.1, -0.05) is 34.1 Å². The monoisotopic (exact) mass is 172 g/mol. The maximum atomic E-state index is 10.7. The maximum absolute atomic E-state index is 10.7. The molecule has 0 aromatic carbocycles. The molecule has 0 radical (unpaired) electrons. The second-order valence-electron chi connectivity index (χ2n) is 4.17. The summed E-state index contributed by atoms with van der Waals surface area (Å²) in [6.07, 6.45) is 2.56. The molecular weight excluding hydrogens is 152 g/mol. The van der Waals surface area contributed by atoms with Gasteiger partial charge in [0.1, 0.15) is 0 Å². The fourth-order valence-electron chi connectivity index (χ4n) is 1.22. The fourth-order valence-corrected chi connectivity index (χ4v) is 1.22. The molecular formula is C10H20O2. The van der Waals surface area contributed by atoms with E-state index < -0.39 is 5.97 Å². The molecule has 2 heteroatoms. The number of carboxylic acid groups (broad SMARTS) is 1. The van der Waals surface area contributed by atoms with Crippen LogP contribution in [0.2, 0.25) is 0 Å². The van der Waals surface area contributed by atoms with Gasteiger partial charge in [0.15, 0.2) is 0 Å². The third-order valence-electron chi connectivity index (χ3n) is 2.60. The van der Waals surface area contributed by atoms with Gasteiger partial charge in [0.25, 0.3) is 0 Å². The van der Waals surface area contributed by atoms with Crippen LogP contribution >= 0.6 is 0 Å². The SMILES string of the molecule is CCC(CC(C)(C)CC)C(=O)O. The van der Waals surface area contributed by atoms with E-state index >= 15 is 0 Å². The lowest BCUT2D eigenvalue weighted by Gasteiger charge is -2.25. The minimum absolute atomic E-state index is 0.166. The normalized spacial score (nSPS) is 14.3. The van der Waals surface area contributed by atoms with E-state index in [0.29, 0.717) is 0 Å². The Balaban J connectivity index is 4.11. The molecule has 0 rings (SSSR count). The zero-order valence-electron chi connectivity index (χ0n) is 8.55. The molecule has 0 amide bonds. The molecule has 1 atom stereocenters. The van der Waals surface area contributed by atoms with Crippen molar-refractivity contribution in [3.63, 3.8) is 0 Å². The van der Waals surface area contributed by atoms with Gasteiger partial charge >= 0.3 is 5.97 Å². The summed E-state index contributed by atoms with van der Waals surface area (Å²) in [7, 11) is 0. The molecule has 0 aliphatic rings. The summed E-state index contributed by atoms with van der Waals surface area (Å²) in [5, 5.41) is 8.83. The Kier molecular flexibility index (Phi) is 4.29. The molecule has 1 unspecified atom stereocenters.